The predicted molar refractivity (Wildman–Crippen MR) is 111 cm³/mol. The Hall–Kier alpha value is -3.80. The Morgan fingerprint density at radius 3 is 2.42 bits per heavy atom. The van der Waals surface area contributed by atoms with E-state index in [1.807, 2.05) is 0 Å². The fraction of sp³-hybridized carbons (Fsp3) is 0.273. The number of hydrogen-bond donors (Lipinski definition) is 5. The minimum atomic E-state index is -1.57. The largest absolute Gasteiger partial charge is 0.508 e. The first kappa shape index (κ1) is 22.4. The van der Waals surface area contributed by atoms with Gasteiger partial charge in [-0.15, -0.1) is 0 Å². The van der Waals surface area contributed by atoms with Gasteiger partial charge in [0.05, 0.1) is 6.61 Å². The molecule has 1 aliphatic heterocycles. The van der Waals surface area contributed by atoms with Crippen LogP contribution >= 0.6 is 0 Å². The van der Waals surface area contributed by atoms with Crippen molar-refractivity contribution in [2.24, 2.45) is 0 Å². The Bertz CT molecular complexity index is 1250. The normalized spacial score (nSPS) is 22.4. The number of aromatic hydroxyl groups is 3. The summed E-state index contributed by atoms with van der Waals surface area (Å²) in [6.07, 6.45) is -5.49. The smallest absolute Gasteiger partial charge is 0.303 e. The molecule has 2 heterocycles. The van der Waals surface area contributed by atoms with Crippen molar-refractivity contribution < 1.29 is 49.0 Å². The Morgan fingerprint density at radius 1 is 1.09 bits per heavy atom. The van der Waals surface area contributed by atoms with E-state index in [4.69, 9.17) is 18.6 Å². The molecule has 1 saturated heterocycles. The van der Waals surface area contributed by atoms with Crippen LogP contribution in [0.5, 0.6) is 23.0 Å². The lowest BCUT2D eigenvalue weighted by Crippen LogP contribution is -2.39. The van der Waals surface area contributed by atoms with Crippen LogP contribution in [0.25, 0.3) is 22.3 Å². The van der Waals surface area contributed by atoms with E-state index in [0.29, 0.717) is 0 Å². The van der Waals surface area contributed by atoms with Crippen molar-refractivity contribution in [3.63, 3.8) is 0 Å². The summed E-state index contributed by atoms with van der Waals surface area (Å²) in [7, 11) is 0. The number of rotatable bonds is 5. The SMILES string of the molecule is CC(=O)O[C@@H]1[C@@H](O)[C@H](Oc2c(-c3ccc(O)cc3)oc3cc(O)cc(O)c3c2=O)O[C@H]1CO. The highest BCUT2D eigenvalue weighted by atomic mass is 16.7. The summed E-state index contributed by atoms with van der Waals surface area (Å²) < 4.78 is 21.9. The highest BCUT2D eigenvalue weighted by Gasteiger charge is 2.48. The number of esters is 1. The number of carbonyl (C=O) groups is 1. The topological polar surface area (TPSA) is 176 Å². The molecule has 0 aliphatic carbocycles. The lowest BCUT2D eigenvalue weighted by atomic mass is 10.1. The number of ether oxygens (including phenoxy) is 3. The van der Waals surface area contributed by atoms with Crippen molar-refractivity contribution in [3.8, 4) is 34.3 Å². The maximum absolute atomic E-state index is 13.3. The van der Waals surface area contributed by atoms with E-state index in [1.165, 1.54) is 24.3 Å². The van der Waals surface area contributed by atoms with Gasteiger partial charge < -0.3 is 44.2 Å². The van der Waals surface area contributed by atoms with Crippen LogP contribution in [0.4, 0.5) is 0 Å². The van der Waals surface area contributed by atoms with E-state index in [1.54, 1.807) is 0 Å². The van der Waals surface area contributed by atoms with Crippen molar-refractivity contribution >= 4 is 16.9 Å². The Balaban J connectivity index is 1.84. The molecule has 5 N–H and O–H groups in total. The third-order valence-corrected chi connectivity index (χ3v) is 5.05. The zero-order valence-electron chi connectivity index (χ0n) is 17.2. The lowest BCUT2D eigenvalue weighted by Gasteiger charge is -2.20. The second-order valence-electron chi connectivity index (χ2n) is 7.38. The average Bonchev–Trinajstić information content (AvgIpc) is 3.04. The summed E-state index contributed by atoms with van der Waals surface area (Å²) in [6, 6.07) is 7.61. The quantitative estimate of drug-likeness (QED) is 0.343. The molecule has 0 saturated carbocycles. The summed E-state index contributed by atoms with van der Waals surface area (Å²) in [4.78, 5) is 24.6. The highest BCUT2D eigenvalue weighted by Crippen LogP contribution is 2.37. The molecule has 4 atom stereocenters. The lowest BCUT2D eigenvalue weighted by molar-refractivity contribution is -0.153. The number of benzene rings is 2. The van der Waals surface area contributed by atoms with Crippen LogP contribution in [0.1, 0.15) is 6.92 Å². The maximum atomic E-state index is 13.3. The summed E-state index contributed by atoms with van der Waals surface area (Å²) in [5.74, 6) is -2.30. The van der Waals surface area contributed by atoms with Gasteiger partial charge in [0.25, 0.3) is 0 Å². The minimum Gasteiger partial charge on any atom is -0.508 e. The number of fused-ring (bicyclic) bond motifs is 1. The van der Waals surface area contributed by atoms with Crippen molar-refractivity contribution in [1.29, 1.82) is 0 Å². The van der Waals surface area contributed by atoms with Gasteiger partial charge in [-0.25, -0.2) is 0 Å². The molecular weight excluding hydrogens is 440 g/mol. The second-order valence-corrected chi connectivity index (χ2v) is 7.38. The van der Waals surface area contributed by atoms with Crippen LogP contribution in [0.3, 0.4) is 0 Å². The van der Waals surface area contributed by atoms with E-state index in [9.17, 15) is 35.1 Å². The number of carbonyl (C=O) groups excluding carboxylic acids is 1. The molecule has 11 heteroatoms. The van der Waals surface area contributed by atoms with E-state index < -0.39 is 54.1 Å². The maximum Gasteiger partial charge on any atom is 0.303 e. The summed E-state index contributed by atoms with van der Waals surface area (Å²) in [5, 5.41) is 49.4. The summed E-state index contributed by atoms with van der Waals surface area (Å²) in [6.45, 7) is 0.514. The van der Waals surface area contributed by atoms with E-state index >= 15 is 0 Å². The molecule has 0 bridgehead atoms. The molecule has 0 spiro atoms. The van der Waals surface area contributed by atoms with Gasteiger partial charge in [-0.3, -0.25) is 9.59 Å². The molecular formula is C22H20O11. The molecule has 11 nitrogen and oxygen atoms in total. The fourth-order valence-corrected chi connectivity index (χ4v) is 3.58. The zero-order chi connectivity index (χ0) is 23.9. The van der Waals surface area contributed by atoms with Gasteiger partial charge in [0.2, 0.25) is 17.5 Å². The molecule has 174 valence electrons. The van der Waals surface area contributed by atoms with Crippen molar-refractivity contribution in [2.45, 2.75) is 31.5 Å². The fourth-order valence-electron chi connectivity index (χ4n) is 3.58. The van der Waals surface area contributed by atoms with Crippen molar-refractivity contribution in [2.75, 3.05) is 6.61 Å². The second kappa shape index (κ2) is 8.62. The van der Waals surface area contributed by atoms with Crippen molar-refractivity contribution in [1.82, 2.24) is 0 Å². The number of aliphatic hydroxyl groups excluding tert-OH is 2. The Labute approximate surface area is 185 Å². The molecule has 0 radical (unpaired) electrons. The van der Waals surface area contributed by atoms with Gasteiger partial charge >= 0.3 is 5.97 Å². The molecule has 1 aliphatic rings. The van der Waals surface area contributed by atoms with Crippen LogP contribution < -0.4 is 10.2 Å². The first-order valence-corrected chi connectivity index (χ1v) is 9.80. The molecule has 1 aromatic heterocycles. The Morgan fingerprint density at radius 2 is 1.79 bits per heavy atom. The van der Waals surface area contributed by atoms with Crippen molar-refractivity contribution in [3.05, 3.63) is 46.6 Å². The van der Waals surface area contributed by atoms with Gasteiger partial charge in [-0.1, -0.05) is 0 Å². The zero-order valence-corrected chi connectivity index (χ0v) is 17.2. The van der Waals surface area contributed by atoms with Crippen LogP contribution in [-0.4, -0.2) is 62.7 Å². The highest BCUT2D eigenvalue weighted by molar-refractivity contribution is 5.88. The first-order chi connectivity index (χ1) is 15.7. The third-order valence-electron chi connectivity index (χ3n) is 5.05. The molecule has 0 unspecified atom stereocenters. The third kappa shape index (κ3) is 4.16. The van der Waals surface area contributed by atoms with Gasteiger partial charge in [-0.05, 0) is 24.3 Å². The number of phenols is 3. The number of aliphatic hydroxyl groups is 2. The number of phenolic OH excluding ortho intramolecular Hbond substituents is 3. The molecule has 3 aromatic rings. The minimum absolute atomic E-state index is 0.0517. The molecule has 2 aromatic carbocycles. The van der Waals surface area contributed by atoms with Crippen LogP contribution in [0.15, 0.2) is 45.6 Å². The van der Waals surface area contributed by atoms with Crippen LogP contribution in [0, 0.1) is 0 Å². The molecule has 33 heavy (non-hydrogen) atoms. The average molecular weight is 460 g/mol. The van der Waals surface area contributed by atoms with Gasteiger partial charge in [0, 0.05) is 24.6 Å². The van der Waals surface area contributed by atoms with Gasteiger partial charge in [0.1, 0.15) is 34.3 Å². The number of hydrogen-bond acceptors (Lipinski definition) is 11. The molecule has 0 amide bonds. The molecule has 4 rings (SSSR count). The predicted octanol–water partition coefficient (Wildman–Crippen LogP) is 0.965. The van der Waals surface area contributed by atoms with Crippen LogP contribution in [0.2, 0.25) is 0 Å². The summed E-state index contributed by atoms with van der Waals surface area (Å²) >= 11 is 0. The Kier molecular flexibility index (Phi) is 5.85. The van der Waals surface area contributed by atoms with Gasteiger partial charge in [0.15, 0.2) is 18.0 Å². The van der Waals surface area contributed by atoms with E-state index in [-0.39, 0.29) is 33.8 Å². The standard InChI is InChI=1S/C22H20O11/c1-9(24)30-20-15(8-23)32-22(18(20)29)33-21-17(28)16-13(27)6-12(26)7-14(16)31-19(21)10-2-4-11(25)5-3-10/h2-7,15,18,20,22-23,25-27,29H,8H2,1H3/t15-,18+,20-,22-/m0/s1. The monoisotopic (exact) mass is 460 g/mol. The summed E-state index contributed by atoms with van der Waals surface area (Å²) in [5.41, 5.74) is -0.705. The van der Waals surface area contributed by atoms with E-state index in [0.717, 1.165) is 19.1 Å². The first-order valence-electron chi connectivity index (χ1n) is 9.80. The van der Waals surface area contributed by atoms with Gasteiger partial charge in [-0.2, -0.15) is 0 Å². The molecule has 1 fully saturated rings. The van der Waals surface area contributed by atoms with E-state index in [2.05, 4.69) is 0 Å². The van der Waals surface area contributed by atoms with Crippen LogP contribution in [-0.2, 0) is 14.3 Å².